The summed E-state index contributed by atoms with van der Waals surface area (Å²) in [5.74, 6) is -0.478. The van der Waals surface area contributed by atoms with Crippen molar-refractivity contribution in [2.45, 2.75) is 26.3 Å². The van der Waals surface area contributed by atoms with Crippen LogP contribution in [0.15, 0.2) is 48.5 Å². The molecule has 1 atom stereocenters. The third kappa shape index (κ3) is 4.84. The number of anilines is 1. The molecule has 0 bridgehead atoms. The minimum absolute atomic E-state index is 0.369. The summed E-state index contributed by atoms with van der Waals surface area (Å²) >= 11 is 0. The van der Waals surface area contributed by atoms with Gasteiger partial charge in [-0.05, 0) is 42.7 Å². The van der Waals surface area contributed by atoms with E-state index in [9.17, 15) is 9.59 Å². The highest BCUT2D eigenvalue weighted by Gasteiger charge is 2.22. The highest BCUT2D eigenvalue weighted by Crippen LogP contribution is 2.14. The Hall–Kier alpha value is -2.82. The van der Waals surface area contributed by atoms with E-state index in [1.807, 2.05) is 62.4 Å². The smallest absolute Gasteiger partial charge is 0.328 e. The second-order valence-corrected chi connectivity index (χ2v) is 5.66. The number of carbonyl (C=O) groups excluding carboxylic acids is 2. The zero-order valence-corrected chi connectivity index (χ0v) is 14.1. The number of benzene rings is 2. The lowest BCUT2D eigenvalue weighted by Crippen LogP contribution is -2.45. The molecule has 0 aliphatic carbocycles. The van der Waals surface area contributed by atoms with Crippen LogP contribution in [0.25, 0.3) is 0 Å². The lowest BCUT2D eigenvalue weighted by Gasteiger charge is -2.17. The van der Waals surface area contributed by atoms with Crippen LogP contribution in [0, 0.1) is 13.8 Å². The number of aryl methyl sites for hydroxylation is 2. The Morgan fingerprint density at radius 1 is 1.04 bits per heavy atom. The number of esters is 1. The Labute approximate surface area is 142 Å². The molecule has 0 aromatic heterocycles. The molecule has 0 radical (unpaired) electrons. The van der Waals surface area contributed by atoms with Crippen molar-refractivity contribution < 1.29 is 14.3 Å². The molecular formula is C19H22N2O3. The maximum absolute atomic E-state index is 12.2. The molecule has 2 aromatic rings. The van der Waals surface area contributed by atoms with Crippen molar-refractivity contribution in [2.75, 3.05) is 12.4 Å². The quantitative estimate of drug-likeness (QED) is 0.829. The number of nitrogens with one attached hydrogen (secondary N) is 2. The normalized spacial score (nSPS) is 11.5. The highest BCUT2D eigenvalue weighted by molar-refractivity contribution is 5.92. The molecule has 0 aliphatic heterocycles. The first-order valence-corrected chi connectivity index (χ1v) is 7.76. The lowest BCUT2D eigenvalue weighted by molar-refractivity contribution is -0.142. The van der Waals surface area contributed by atoms with Crippen molar-refractivity contribution in [1.82, 2.24) is 5.32 Å². The molecule has 0 unspecified atom stereocenters. The second-order valence-electron chi connectivity index (χ2n) is 5.66. The number of carbonyl (C=O) groups is 2. The van der Waals surface area contributed by atoms with Gasteiger partial charge >= 0.3 is 12.0 Å². The fourth-order valence-electron chi connectivity index (χ4n) is 2.33. The summed E-state index contributed by atoms with van der Waals surface area (Å²) in [7, 11) is 1.31. The molecule has 2 aromatic carbocycles. The molecule has 126 valence electrons. The van der Waals surface area contributed by atoms with Crippen LogP contribution >= 0.6 is 0 Å². The Kier molecular flexibility index (Phi) is 5.95. The van der Waals surface area contributed by atoms with Crippen LogP contribution in [-0.2, 0) is 16.0 Å². The Bertz CT molecular complexity index is 714. The predicted octanol–water partition coefficient (Wildman–Crippen LogP) is 3.21. The SMILES string of the molecule is COC(=O)[C@H](Cc1ccccc1)NC(=O)Nc1ccc(C)c(C)c1. The van der Waals surface area contributed by atoms with E-state index >= 15 is 0 Å². The maximum Gasteiger partial charge on any atom is 0.328 e. The van der Waals surface area contributed by atoms with E-state index in [0.29, 0.717) is 12.1 Å². The first kappa shape index (κ1) is 17.5. The van der Waals surface area contributed by atoms with E-state index in [4.69, 9.17) is 4.74 Å². The molecule has 0 saturated carbocycles. The van der Waals surface area contributed by atoms with Crippen molar-refractivity contribution in [2.24, 2.45) is 0 Å². The molecule has 0 saturated heterocycles. The van der Waals surface area contributed by atoms with Crippen molar-refractivity contribution in [3.63, 3.8) is 0 Å². The van der Waals surface area contributed by atoms with E-state index in [1.54, 1.807) is 0 Å². The standard InChI is InChI=1S/C19H22N2O3/c1-13-9-10-16(11-14(13)2)20-19(23)21-17(18(22)24-3)12-15-7-5-4-6-8-15/h4-11,17H,12H2,1-3H3,(H2,20,21,23)/t17-/m0/s1. The molecule has 5 heteroatoms. The topological polar surface area (TPSA) is 67.4 Å². The van der Waals surface area contributed by atoms with Gasteiger partial charge < -0.3 is 15.4 Å². The van der Waals surface area contributed by atoms with Crippen LogP contribution in [-0.4, -0.2) is 25.2 Å². The van der Waals surface area contributed by atoms with Crippen molar-refractivity contribution in [1.29, 1.82) is 0 Å². The number of ether oxygens (including phenoxy) is 1. The van der Waals surface area contributed by atoms with Gasteiger partial charge in [0.15, 0.2) is 0 Å². The zero-order chi connectivity index (χ0) is 17.5. The molecule has 24 heavy (non-hydrogen) atoms. The Morgan fingerprint density at radius 3 is 2.38 bits per heavy atom. The van der Waals surface area contributed by atoms with Crippen molar-refractivity contribution in [3.05, 3.63) is 65.2 Å². The first-order chi connectivity index (χ1) is 11.5. The van der Waals surface area contributed by atoms with Gasteiger partial charge in [-0.15, -0.1) is 0 Å². The summed E-state index contributed by atoms with van der Waals surface area (Å²) in [6.45, 7) is 3.98. The monoisotopic (exact) mass is 326 g/mol. The minimum Gasteiger partial charge on any atom is -0.467 e. The summed E-state index contributed by atoms with van der Waals surface area (Å²) < 4.78 is 4.79. The van der Waals surface area contributed by atoms with Gasteiger partial charge in [0.05, 0.1) is 7.11 Å². The second kappa shape index (κ2) is 8.15. The third-order valence-corrected chi connectivity index (χ3v) is 3.84. The molecule has 0 spiro atoms. The highest BCUT2D eigenvalue weighted by atomic mass is 16.5. The van der Waals surface area contributed by atoms with Crippen LogP contribution in [0.1, 0.15) is 16.7 Å². The van der Waals surface area contributed by atoms with E-state index in [1.165, 1.54) is 7.11 Å². The molecule has 2 rings (SSSR count). The van der Waals surface area contributed by atoms with E-state index in [2.05, 4.69) is 10.6 Å². The number of rotatable bonds is 5. The summed E-state index contributed by atoms with van der Waals surface area (Å²) in [6.07, 6.45) is 0.369. The van der Waals surface area contributed by atoms with Gasteiger partial charge in [-0.3, -0.25) is 0 Å². The van der Waals surface area contributed by atoms with Crippen molar-refractivity contribution in [3.8, 4) is 0 Å². The van der Waals surface area contributed by atoms with Crippen LogP contribution in [0.4, 0.5) is 10.5 Å². The Morgan fingerprint density at radius 2 is 1.75 bits per heavy atom. The number of hydrogen-bond acceptors (Lipinski definition) is 3. The maximum atomic E-state index is 12.2. The van der Waals surface area contributed by atoms with Crippen LogP contribution < -0.4 is 10.6 Å². The molecule has 0 fully saturated rings. The van der Waals surface area contributed by atoms with Crippen LogP contribution in [0.3, 0.4) is 0 Å². The summed E-state index contributed by atoms with van der Waals surface area (Å²) in [5, 5.41) is 5.42. The predicted molar refractivity (Wildman–Crippen MR) is 94.0 cm³/mol. The van der Waals surface area contributed by atoms with E-state index in [-0.39, 0.29) is 0 Å². The van der Waals surface area contributed by atoms with Gasteiger partial charge in [-0.25, -0.2) is 9.59 Å². The first-order valence-electron chi connectivity index (χ1n) is 7.76. The van der Waals surface area contributed by atoms with Crippen LogP contribution in [0.5, 0.6) is 0 Å². The van der Waals surface area contributed by atoms with Crippen LogP contribution in [0.2, 0.25) is 0 Å². The lowest BCUT2D eigenvalue weighted by atomic mass is 10.1. The van der Waals surface area contributed by atoms with Gasteiger partial charge in [0.2, 0.25) is 0 Å². The van der Waals surface area contributed by atoms with Crippen molar-refractivity contribution >= 4 is 17.7 Å². The summed E-state index contributed by atoms with van der Waals surface area (Å²) in [6, 6.07) is 13.9. The largest absolute Gasteiger partial charge is 0.467 e. The summed E-state index contributed by atoms with van der Waals surface area (Å²) in [5.41, 5.74) is 3.86. The van der Waals surface area contributed by atoms with E-state index < -0.39 is 18.0 Å². The third-order valence-electron chi connectivity index (χ3n) is 3.84. The number of methoxy groups -OCH3 is 1. The molecule has 2 amide bonds. The minimum atomic E-state index is -0.746. The van der Waals surface area contributed by atoms with Gasteiger partial charge in [0.1, 0.15) is 6.04 Å². The van der Waals surface area contributed by atoms with E-state index in [0.717, 1.165) is 16.7 Å². The number of urea groups is 1. The average Bonchev–Trinajstić information content (AvgIpc) is 2.58. The van der Waals surface area contributed by atoms with Gasteiger partial charge in [-0.1, -0.05) is 36.4 Å². The fraction of sp³-hybridized carbons (Fsp3) is 0.263. The molecule has 5 nitrogen and oxygen atoms in total. The molecule has 0 aliphatic rings. The zero-order valence-electron chi connectivity index (χ0n) is 14.1. The van der Waals surface area contributed by atoms with Gasteiger partial charge in [0, 0.05) is 12.1 Å². The average molecular weight is 326 g/mol. The van der Waals surface area contributed by atoms with Gasteiger partial charge in [-0.2, -0.15) is 0 Å². The summed E-state index contributed by atoms with van der Waals surface area (Å²) in [4.78, 5) is 24.1. The fourth-order valence-corrected chi connectivity index (χ4v) is 2.33. The van der Waals surface area contributed by atoms with Gasteiger partial charge in [0.25, 0.3) is 0 Å². The number of hydrogen-bond donors (Lipinski definition) is 2. The Balaban J connectivity index is 2.03. The molecule has 0 heterocycles. The molecule has 2 N–H and O–H groups in total. The number of amides is 2. The molecular weight excluding hydrogens is 304 g/mol.